The second-order valence-corrected chi connectivity index (χ2v) is 7.66. The van der Waals surface area contributed by atoms with Gasteiger partial charge in [-0.25, -0.2) is 8.91 Å². The molecule has 0 amide bonds. The zero-order chi connectivity index (χ0) is 20.1. The van der Waals surface area contributed by atoms with Gasteiger partial charge in [0.25, 0.3) is 0 Å². The Labute approximate surface area is 166 Å². The first-order valence-electron chi connectivity index (χ1n) is 9.61. The maximum atomic E-state index is 14.5. The zero-order valence-electron chi connectivity index (χ0n) is 15.9. The van der Waals surface area contributed by atoms with Gasteiger partial charge >= 0.3 is 0 Å². The largest absolute Gasteiger partial charge is 0.362 e. The summed E-state index contributed by atoms with van der Waals surface area (Å²) >= 11 is 0. The summed E-state index contributed by atoms with van der Waals surface area (Å²) in [5.74, 6) is -0.441. The number of halogens is 1. The molecular weight excluding hydrogens is 371 g/mol. The zero-order valence-corrected chi connectivity index (χ0v) is 15.9. The van der Waals surface area contributed by atoms with E-state index in [1.54, 1.807) is 12.1 Å². The van der Waals surface area contributed by atoms with E-state index in [4.69, 9.17) is 10.4 Å². The van der Waals surface area contributed by atoms with Crippen LogP contribution < -0.4 is 10.2 Å². The van der Waals surface area contributed by atoms with Crippen LogP contribution in [0.5, 0.6) is 0 Å². The molecule has 2 aliphatic rings. The molecule has 2 atom stereocenters. The predicted octanol–water partition coefficient (Wildman–Crippen LogP) is 2.05. The van der Waals surface area contributed by atoms with E-state index < -0.39 is 5.82 Å². The first-order chi connectivity index (χ1) is 14.1. The third-order valence-corrected chi connectivity index (χ3v) is 5.84. The van der Waals surface area contributed by atoms with Gasteiger partial charge in [0.2, 0.25) is 0 Å². The highest BCUT2D eigenvalue weighted by atomic mass is 19.1. The molecule has 29 heavy (non-hydrogen) atoms. The highest BCUT2D eigenvalue weighted by Crippen LogP contribution is 2.34. The molecule has 5 heterocycles. The summed E-state index contributed by atoms with van der Waals surface area (Å²) in [5, 5.41) is 30.6. The lowest BCUT2D eigenvalue weighted by Crippen LogP contribution is -2.38. The van der Waals surface area contributed by atoms with E-state index in [0.29, 0.717) is 37.3 Å². The molecular formula is C20H19FN8. The molecule has 0 unspecified atom stereocenters. The number of fused-ring (bicyclic) bond motifs is 4. The smallest absolute Gasteiger partial charge is 0.171 e. The lowest BCUT2D eigenvalue weighted by atomic mass is 9.96. The summed E-state index contributed by atoms with van der Waals surface area (Å²) in [6.07, 6.45) is 2.38. The highest BCUT2D eigenvalue weighted by molar-refractivity contribution is 5.75. The molecule has 5 rings (SSSR count). The number of hydrogen-bond acceptors (Lipinski definition) is 6. The molecule has 0 saturated carbocycles. The number of pyridine rings is 1. The lowest BCUT2D eigenvalue weighted by Gasteiger charge is -2.35. The SMILES string of the molecule is C[C@@H]1CN(c2ccc(C#N)n3ncc(F)c23)Cc2c3c(nn21)CN[C@H](CC#N)C3. The number of hydrogen-bond donors (Lipinski definition) is 1. The molecule has 0 bridgehead atoms. The molecule has 146 valence electrons. The summed E-state index contributed by atoms with van der Waals surface area (Å²) in [5.41, 5.74) is 4.68. The van der Waals surface area contributed by atoms with Crippen LogP contribution in [0.25, 0.3) is 5.52 Å². The molecule has 0 saturated heterocycles. The second-order valence-electron chi connectivity index (χ2n) is 7.66. The number of nitriles is 2. The molecule has 0 aliphatic carbocycles. The molecule has 2 aliphatic heterocycles. The number of nitrogens with zero attached hydrogens (tertiary/aromatic N) is 7. The fraction of sp³-hybridized carbons (Fsp3) is 0.400. The Morgan fingerprint density at radius 2 is 2.21 bits per heavy atom. The topological polar surface area (TPSA) is 98.0 Å². The Bertz CT molecular complexity index is 1190. The van der Waals surface area contributed by atoms with E-state index >= 15 is 0 Å². The van der Waals surface area contributed by atoms with E-state index in [2.05, 4.69) is 39.1 Å². The quantitative estimate of drug-likeness (QED) is 0.719. The minimum Gasteiger partial charge on any atom is -0.362 e. The van der Waals surface area contributed by atoms with Crippen LogP contribution in [-0.4, -0.2) is 32.0 Å². The number of nitrogens with one attached hydrogen (secondary N) is 1. The minimum absolute atomic E-state index is 0.112. The van der Waals surface area contributed by atoms with Gasteiger partial charge in [-0.05, 0) is 25.5 Å². The number of anilines is 1. The van der Waals surface area contributed by atoms with Crippen molar-refractivity contribution in [1.29, 1.82) is 10.5 Å². The van der Waals surface area contributed by atoms with Crippen molar-refractivity contribution in [1.82, 2.24) is 24.7 Å². The van der Waals surface area contributed by atoms with Crippen LogP contribution in [0.3, 0.4) is 0 Å². The fourth-order valence-electron chi connectivity index (χ4n) is 4.49. The van der Waals surface area contributed by atoms with Crippen molar-refractivity contribution in [2.75, 3.05) is 11.4 Å². The van der Waals surface area contributed by atoms with Crippen molar-refractivity contribution in [3.05, 3.63) is 46.8 Å². The van der Waals surface area contributed by atoms with Crippen molar-refractivity contribution in [3.63, 3.8) is 0 Å². The number of aromatic nitrogens is 4. The van der Waals surface area contributed by atoms with Gasteiger partial charge in [-0.3, -0.25) is 4.68 Å². The van der Waals surface area contributed by atoms with Crippen LogP contribution in [0.4, 0.5) is 10.1 Å². The van der Waals surface area contributed by atoms with E-state index in [-0.39, 0.29) is 12.1 Å². The third-order valence-electron chi connectivity index (χ3n) is 5.84. The third kappa shape index (κ3) is 2.66. The van der Waals surface area contributed by atoms with Crippen LogP contribution in [0.15, 0.2) is 18.3 Å². The summed E-state index contributed by atoms with van der Waals surface area (Å²) in [6, 6.07) is 8.01. The Morgan fingerprint density at radius 1 is 1.34 bits per heavy atom. The van der Waals surface area contributed by atoms with E-state index in [9.17, 15) is 9.65 Å². The van der Waals surface area contributed by atoms with Gasteiger partial charge in [0.15, 0.2) is 5.82 Å². The van der Waals surface area contributed by atoms with Crippen molar-refractivity contribution < 1.29 is 4.39 Å². The monoisotopic (exact) mass is 390 g/mol. The first-order valence-corrected chi connectivity index (χ1v) is 9.61. The highest BCUT2D eigenvalue weighted by Gasteiger charge is 2.32. The molecule has 0 fully saturated rings. The van der Waals surface area contributed by atoms with E-state index in [1.165, 1.54) is 10.1 Å². The van der Waals surface area contributed by atoms with Gasteiger partial charge in [0.05, 0.1) is 48.3 Å². The minimum atomic E-state index is -0.441. The average molecular weight is 390 g/mol. The van der Waals surface area contributed by atoms with Crippen LogP contribution in [-0.2, 0) is 19.5 Å². The van der Waals surface area contributed by atoms with Crippen molar-refractivity contribution >= 4 is 11.2 Å². The number of rotatable bonds is 2. The maximum Gasteiger partial charge on any atom is 0.171 e. The van der Waals surface area contributed by atoms with Gasteiger partial charge in [0, 0.05) is 24.7 Å². The van der Waals surface area contributed by atoms with Crippen LogP contribution in [0.2, 0.25) is 0 Å². The molecule has 3 aromatic heterocycles. The standard InChI is InChI=1S/C20H19FN8/c1-12-10-27(18-3-2-14(7-23)29-20(18)16(21)8-25-29)11-19-15-6-13(4-5-22)24-9-17(15)26-28(12)19/h2-3,8,12-13,24H,4,6,9-11H2,1H3/t12-,13-/m1/s1. The van der Waals surface area contributed by atoms with E-state index in [0.717, 1.165) is 29.7 Å². The molecule has 0 radical (unpaired) electrons. The Kier molecular flexibility index (Phi) is 4.00. The first kappa shape index (κ1) is 17.7. The Morgan fingerprint density at radius 3 is 3.00 bits per heavy atom. The lowest BCUT2D eigenvalue weighted by molar-refractivity contribution is 0.423. The van der Waals surface area contributed by atoms with Gasteiger partial charge in [-0.2, -0.15) is 20.7 Å². The summed E-state index contributed by atoms with van der Waals surface area (Å²) in [6.45, 7) is 4.03. The molecule has 0 aromatic carbocycles. The molecule has 9 heteroatoms. The molecule has 3 aromatic rings. The van der Waals surface area contributed by atoms with Gasteiger partial charge in [-0.1, -0.05) is 0 Å². The molecule has 1 N–H and O–H groups in total. The van der Waals surface area contributed by atoms with Crippen molar-refractivity contribution in [2.24, 2.45) is 0 Å². The van der Waals surface area contributed by atoms with Crippen molar-refractivity contribution in [2.45, 2.75) is 44.9 Å². The van der Waals surface area contributed by atoms with Crippen LogP contribution in [0, 0.1) is 28.5 Å². The van der Waals surface area contributed by atoms with Crippen LogP contribution >= 0.6 is 0 Å². The van der Waals surface area contributed by atoms with Gasteiger partial charge < -0.3 is 10.2 Å². The Balaban J connectivity index is 1.57. The summed E-state index contributed by atoms with van der Waals surface area (Å²) in [4.78, 5) is 2.13. The predicted molar refractivity (Wildman–Crippen MR) is 102 cm³/mol. The molecule has 0 spiro atoms. The van der Waals surface area contributed by atoms with Gasteiger partial charge in [0.1, 0.15) is 17.3 Å². The second kappa shape index (κ2) is 6.57. The van der Waals surface area contributed by atoms with Crippen LogP contribution in [0.1, 0.15) is 42.0 Å². The fourth-order valence-corrected chi connectivity index (χ4v) is 4.49. The van der Waals surface area contributed by atoms with E-state index in [1.807, 2.05) is 0 Å². The molecule has 8 nitrogen and oxygen atoms in total. The Hall–Kier alpha value is -3.43. The summed E-state index contributed by atoms with van der Waals surface area (Å²) < 4.78 is 18.0. The van der Waals surface area contributed by atoms with Crippen molar-refractivity contribution in [3.8, 4) is 12.1 Å². The summed E-state index contributed by atoms with van der Waals surface area (Å²) in [7, 11) is 0. The average Bonchev–Trinajstić information content (AvgIpc) is 3.29. The van der Waals surface area contributed by atoms with Gasteiger partial charge in [-0.15, -0.1) is 0 Å². The maximum absolute atomic E-state index is 14.5. The normalized spacial score (nSPS) is 20.8.